The zero-order valence-corrected chi connectivity index (χ0v) is 15.0. The lowest BCUT2D eigenvalue weighted by atomic mass is 9.89. The summed E-state index contributed by atoms with van der Waals surface area (Å²) in [6, 6.07) is 3.75. The molecule has 1 saturated carbocycles. The predicted octanol–water partition coefficient (Wildman–Crippen LogP) is 3.88. The van der Waals surface area contributed by atoms with Gasteiger partial charge in [0.05, 0.1) is 6.04 Å². The van der Waals surface area contributed by atoms with Crippen molar-refractivity contribution in [3.63, 3.8) is 0 Å². The first-order valence-electron chi connectivity index (χ1n) is 9.79. The highest BCUT2D eigenvalue weighted by atomic mass is 19.1. The summed E-state index contributed by atoms with van der Waals surface area (Å²) < 4.78 is 27.0. The minimum Gasteiger partial charge on any atom is -0.316 e. The standard InChI is InChI=1S/C21H26F2N2O/c22-18-7-14(8-19(23)9-18)13-1-2-20(25-4-3-13)10-21(26)15-5-16-11-24-12-17(16)6-15/h4,7-9,13,15-17,20,24H,1-3,5-6,10-12H2. The molecule has 2 aliphatic heterocycles. The number of halogens is 2. The molecule has 4 atom stereocenters. The van der Waals surface area contributed by atoms with Gasteiger partial charge in [-0.25, -0.2) is 8.78 Å². The minimum absolute atomic E-state index is 0.0180. The van der Waals surface area contributed by atoms with Gasteiger partial charge in [-0.15, -0.1) is 0 Å². The number of hydrogen-bond donors (Lipinski definition) is 1. The summed E-state index contributed by atoms with van der Waals surface area (Å²) >= 11 is 0. The second-order valence-electron chi connectivity index (χ2n) is 8.22. The van der Waals surface area contributed by atoms with E-state index in [0.29, 0.717) is 36.0 Å². The summed E-state index contributed by atoms with van der Waals surface area (Å²) in [5, 5.41) is 3.41. The smallest absolute Gasteiger partial charge is 0.138 e. The zero-order chi connectivity index (χ0) is 18.1. The Bertz CT molecular complexity index is 673. The Morgan fingerprint density at radius 3 is 2.46 bits per heavy atom. The summed E-state index contributed by atoms with van der Waals surface area (Å²) in [6.07, 6.45) is 6.69. The van der Waals surface area contributed by atoms with Crippen molar-refractivity contribution in [1.29, 1.82) is 0 Å². The van der Waals surface area contributed by atoms with E-state index in [-0.39, 0.29) is 17.9 Å². The second kappa shape index (κ2) is 7.55. The van der Waals surface area contributed by atoms with E-state index in [1.807, 2.05) is 6.21 Å². The number of fused-ring (bicyclic) bond motifs is 1. The van der Waals surface area contributed by atoms with Gasteiger partial charge in [-0.2, -0.15) is 0 Å². The Kier molecular flexibility index (Phi) is 5.16. The van der Waals surface area contributed by atoms with Crippen LogP contribution in [0.3, 0.4) is 0 Å². The molecule has 1 aliphatic carbocycles. The fourth-order valence-electron chi connectivity index (χ4n) is 5.02. The molecule has 0 radical (unpaired) electrons. The number of ketones is 1. The van der Waals surface area contributed by atoms with Crippen molar-refractivity contribution in [2.75, 3.05) is 13.1 Å². The van der Waals surface area contributed by atoms with Crippen molar-refractivity contribution in [1.82, 2.24) is 5.32 Å². The van der Waals surface area contributed by atoms with Crippen molar-refractivity contribution in [2.24, 2.45) is 22.7 Å². The van der Waals surface area contributed by atoms with Crippen LogP contribution in [0.5, 0.6) is 0 Å². The number of hydrogen-bond acceptors (Lipinski definition) is 3. The Morgan fingerprint density at radius 2 is 1.77 bits per heavy atom. The van der Waals surface area contributed by atoms with Crippen molar-refractivity contribution in [2.45, 2.75) is 50.5 Å². The lowest BCUT2D eigenvalue weighted by molar-refractivity contribution is -0.123. The van der Waals surface area contributed by atoms with Gasteiger partial charge >= 0.3 is 0 Å². The lowest BCUT2D eigenvalue weighted by Crippen LogP contribution is -2.21. The van der Waals surface area contributed by atoms with Gasteiger partial charge in [0.2, 0.25) is 0 Å². The molecular formula is C21H26F2N2O. The molecule has 1 aromatic rings. The van der Waals surface area contributed by atoms with E-state index < -0.39 is 11.6 Å². The number of carbonyl (C=O) groups is 1. The number of carbonyl (C=O) groups excluding carboxylic acids is 1. The summed E-state index contributed by atoms with van der Waals surface area (Å²) in [7, 11) is 0. The SMILES string of the molecule is O=C(CC1CCC(c2cc(F)cc(F)c2)CC=N1)C1CC2CNCC2C1. The lowest BCUT2D eigenvalue weighted by Gasteiger charge is -2.16. The molecule has 5 heteroatoms. The van der Waals surface area contributed by atoms with Gasteiger partial charge in [0.1, 0.15) is 17.4 Å². The summed E-state index contributed by atoms with van der Waals surface area (Å²) in [6.45, 7) is 2.11. The van der Waals surface area contributed by atoms with Crippen LogP contribution >= 0.6 is 0 Å². The van der Waals surface area contributed by atoms with E-state index in [2.05, 4.69) is 10.3 Å². The van der Waals surface area contributed by atoms with Gasteiger partial charge in [-0.3, -0.25) is 9.79 Å². The molecule has 4 rings (SSSR count). The van der Waals surface area contributed by atoms with E-state index in [1.54, 1.807) is 0 Å². The van der Waals surface area contributed by atoms with E-state index in [0.717, 1.165) is 44.8 Å². The number of rotatable bonds is 4. The second-order valence-corrected chi connectivity index (χ2v) is 8.22. The van der Waals surface area contributed by atoms with E-state index >= 15 is 0 Å². The number of nitrogens with zero attached hydrogens (tertiary/aromatic N) is 1. The molecule has 3 aliphatic rings. The van der Waals surface area contributed by atoms with Gasteiger partial charge in [-0.05, 0) is 86.9 Å². The van der Waals surface area contributed by atoms with Crippen LogP contribution in [-0.2, 0) is 4.79 Å². The fraction of sp³-hybridized carbons (Fsp3) is 0.619. The average Bonchev–Trinajstić information content (AvgIpc) is 3.11. The molecule has 0 bridgehead atoms. The van der Waals surface area contributed by atoms with Crippen LogP contribution in [0.15, 0.2) is 23.2 Å². The highest BCUT2D eigenvalue weighted by Gasteiger charge is 2.40. The maximum absolute atomic E-state index is 13.5. The van der Waals surface area contributed by atoms with Crippen LogP contribution < -0.4 is 5.32 Å². The van der Waals surface area contributed by atoms with Crippen LogP contribution in [0.25, 0.3) is 0 Å². The first-order chi connectivity index (χ1) is 12.6. The molecule has 2 heterocycles. The fourth-order valence-corrected chi connectivity index (χ4v) is 5.02. The van der Waals surface area contributed by atoms with Crippen LogP contribution in [0.4, 0.5) is 8.78 Å². The number of aliphatic imine (C=N–C) groups is 1. The first kappa shape index (κ1) is 17.8. The number of benzene rings is 1. The largest absolute Gasteiger partial charge is 0.316 e. The Morgan fingerprint density at radius 1 is 1.08 bits per heavy atom. The summed E-state index contributed by atoms with van der Waals surface area (Å²) in [4.78, 5) is 17.3. The van der Waals surface area contributed by atoms with Crippen LogP contribution in [0.2, 0.25) is 0 Å². The topological polar surface area (TPSA) is 41.5 Å². The average molecular weight is 360 g/mol. The minimum atomic E-state index is -0.533. The Balaban J connectivity index is 1.33. The molecule has 0 spiro atoms. The number of Topliss-reactive ketones (excluding diaryl/α,β-unsaturated/α-hetero) is 1. The molecule has 1 N–H and O–H groups in total. The van der Waals surface area contributed by atoms with E-state index in [1.165, 1.54) is 12.1 Å². The quantitative estimate of drug-likeness (QED) is 0.885. The monoisotopic (exact) mass is 360 g/mol. The zero-order valence-electron chi connectivity index (χ0n) is 15.0. The summed E-state index contributed by atoms with van der Waals surface area (Å²) in [5.41, 5.74) is 0.692. The molecule has 0 amide bonds. The normalized spacial score (nSPS) is 33.8. The highest BCUT2D eigenvalue weighted by Crippen LogP contribution is 2.40. The molecular weight excluding hydrogens is 334 g/mol. The van der Waals surface area contributed by atoms with E-state index in [9.17, 15) is 13.6 Å². The number of nitrogens with one attached hydrogen (secondary N) is 1. The molecule has 140 valence electrons. The van der Waals surface area contributed by atoms with Gasteiger partial charge in [0, 0.05) is 18.4 Å². The van der Waals surface area contributed by atoms with Gasteiger partial charge in [-0.1, -0.05) is 0 Å². The van der Waals surface area contributed by atoms with Crippen molar-refractivity contribution in [3.8, 4) is 0 Å². The van der Waals surface area contributed by atoms with Crippen LogP contribution in [-0.4, -0.2) is 31.1 Å². The maximum atomic E-state index is 13.5. The van der Waals surface area contributed by atoms with Crippen LogP contribution in [0, 0.1) is 29.4 Å². The third-order valence-electron chi connectivity index (χ3n) is 6.46. The van der Waals surface area contributed by atoms with E-state index in [4.69, 9.17) is 0 Å². The van der Waals surface area contributed by atoms with Gasteiger partial charge in [0.25, 0.3) is 0 Å². The third kappa shape index (κ3) is 3.88. The molecule has 1 aromatic carbocycles. The maximum Gasteiger partial charge on any atom is 0.138 e. The molecule has 0 aromatic heterocycles. The van der Waals surface area contributed by atoms with Crippen molar-refractivity contribution in [3.05, 3.63) is 35.4 Å². The molecule has 4 unspecified atom stereocenters. The predicted molar refractivity (Wildman–Crippen MR) is 97.4 cm³/mol. The Labute approximate surface area is 153 Å². The third-order valence-corrected chi connectivity index (χ3v) is 6.46. The summed E-state index contributed by atoms with van der Waals surface area (Å²) in [5.74, 6) is 0.919. The first-order valence-corrected chi connectivity index (χ1v) is 9.79. The highest BCUT2D eigenvalue weighted by molar-refractivity contribution is 5.82. The molecule has 26 heavy (non-hydrogen) atoms. The van der Waals surface area contributed by atoms with Crippen LogP contribution in [0.1, 0.15) is 50.0 Å². The Hall–Kier alpha value is -1.62. The van der Waals surface area contributed by atoms with Gasteiger partial charge in [0.15, 0.2) is 0 Å². The molecule has 2 fully saturated rings. The molecule has 3 nitrogen and oxygen atoms in total. The molecule has 1 saturated heterocycles. The van der Waals surface area contributed by atoms with Crippen molar-refractivity contribution >= 4 is 12.0 Å². The van der Waals surface area contributed by atoms with Gasteiger partial charge < -0.3 is 5.32 Å². The van der Waals surface area contributed by atoms with Crippen molar-refractivity contribution < 1.29 is 13.6 Å².